The zero-order valence-electron chi connectivity index (χ0n) is 10.00. The summed E-state index contributed by atoms with van der Waals surface area (Å²) in [5.41, 5.74) is 7.26. The van der Waals surface area contributed by atoms with Crippen LogP contribution in [0.2, 0.25) is 10.0 Å². The van der Waals surface area contributed by atoms with Gasteiger partial charge in [-0.2, -0.15) is 0 Å². The Morgan fingerprint density at radius 3 is 2.53 bits per heavy atom. The van der Waals surface area contributed by atoms with Crippen LogP contribution in [0.5, 0.6) is 0 Å². The van der Waals surface area contributed by atoms with Crippen LogP contribution in [0.4, 0.5) is 0 Å². The van der Waals surface area contributed by atoms with Crippen LogP contribution in [0.3, 0.4) is 0 Å². The molecule has 4 heteroatoms. The van der Waals surface area contributed by atoms with Gasteiger partial charge >= 0.3 is 0 Å². The van der Waals surface area contributed by atoms with Crippen LogP contribution in [0.25, 0.3) is 0 Å². The quantitative estimate of drug-likeness (QED) is 0.848. The molecule has 1 fully saturated rings. The monoisotopic (exact) mass is 272 g/mol. The molecule has 1 aromatic rings. The van der Waals surface area contributed by atoms with Crippen LogP contribution in [0, 0.1) is 0 Å². The summed E-state index contributed by atoms with van der Waals surface area (Å²) in [6, 6.07) is 5.86. The van der Waals surface area contributed by atoms with Crippen molar-refractivity contribution in [2.75, 3.05) is 13.6 Å². The summed E-state index contributed by atoms with van der Waals surface area (Å²) in [5, 5.41) is 1.43. The lowest BCUT2D eigenvalue weighted by atomic mass is 9.96. The number of likely N-dealkylation sites (N-methyl/N-ethyl adjacent to an activating group) is 1. The van der Waals surface area contributed by atoms with Gasteiger partial charge < -0.3 is 5.73 Å². The van der Waals surface area contributed by atoms with Crippen molar-refractivity contribution < 1.29 is 0 Å². The third-order valence-corrected chi connectivity index (χ3v) is 4.13. The lowest BCUT2D eigenvalue weighted by Crippen LogP contribution is -2.37. The van der Waals surface area contributed by atoms with Gasteiger partial charge in [-0.05, 0) is 38.6 Å². The van der Waals surface area contributed by atoms with Crippen molar-refractivity contribution in [3.05, 3.63) is 33.8 Å². The van der Waals surface area contributed by atoms with E-state index < -0.39 is 0 Å². The Morgan fingerprint density at radius 2 is 1.88 bits per heavy atom. The predicted octanol–water partition coefficient (Wildman–Crippen LogP) is 3.48. The number of nitrogens with zero attached hydrogens (tertiary/aromatic N) is 1. The van der Waals surface area contributed by atoms with Gasteiger partial charge in [0.2, 0.25) is 0 Å². The van der Waals surface area contributed by atoms with E-state index in [0.717, 1.165) is 18.5 Å². The molecule has 0 bridgehead atoms. The van der Waals surface area contributed by atoms with Gasteiger partial charge in [-0.25, -0.2) is 0 Å². The van der Waals surface area contributed by atoms with Crippen molar-refractivity contribution in [3.63, 3.8) is 0 Å². The van der Waals surface area contributed by atoms with Crippen LogP contribution in [-0.2, 0) is 0 Å². The number of likely N-dealkylation sites (tertiary alicyclic amines) is 1. The SMILES string of the molecule is CN1CCCCC(N)C1c1c(Cl)cccc1Cl. The number of hydrogen-bond donors (Lipinski definition) is 1. The van der Waals surface area contributed by atoms with Gasteiger partial charge in [0.15, 0.2) is 0 Å². The van der Waals surface area contributed by atoms with Gasteiger partial charge in [-0.3, -0.25) is 4.90 Å². The molecule has 2 rings (SSSR count). The molecule has 17 heavy (non-hydrogen) atoms. The van der Waals surface area contributed by atoms with Crippen molar-refractivity contribution in [2.24, 2.45) is 5.73 Å². The number of halogens is 2. The zero-order chi connectivity index (χ0) is 12.4. The van der Waals surface area contributed by atoms with Gasteiger partial charge in [0, 0.05) is 21.7 Å². The molecule has 2 N–H and O–H groups in total. The fourth-order valence-electron chi connectivity index (χ4n) is 2.59. The Morgan fingerprint density at radius 1 is 1.24 bits per heavy atom. The van der Waals surface area contributed by atoms with Crippen molar-refractivity contribution >= 4 is 23.2 Å². The maximum atomic E-state index is 6.28. The summed E-state index contributed by atoms with van der Waals surface area (Å²) in [4.78, 5) is 2.27. The van der Waals surface area contributed by atoms with E-state index in [-0.39, 0.29) is 12.1 Å². The van der Waals surface area contributed by atoms with E-state index in [1.54, 1.807) is 0 Å². The van der Waals surface area contributed by atoms with Crippen LogP contribution in [0.15, 0.2) is 18.2 Å². The predicted molar refractivity (Wildman–Crippen MR) is 73.7 cm³/mol. The van der Waals surface area contributed by atoms with Crippen molar-refractivity contribution in [1.82, 2.24) is 4.90 Å². The number of nitrogens with two attached hydrogens (primary N) is 1. The number of rotatable bonds is 1. The second-order valence-corrected chi connectivity index (χ2v) is 5.53. The molecule has 0 amide bonds. The fourth-order valence-corrected chi connectivity index (χ4v) is 3.21. The van der Waals surface area contributed by atoms with Crippen LogP contribution in [-0.4, -0.2) is 24.5 Å². The van der Waals surface area contributed by atoms with E-state index in [1.165, 1.54) is 12.8 Å². The Labute approximate surface area is 113 Å². The van der Waals surface area contributed by atoms with Crippen molar-refractivity contribution in [1.29, 1.82) is 0 Å². The van der Waals surface area contributed by atoms with Crippen LogP contribution < -0.4 is 5.73 Å². The normalized spacial score (nSPS) is 26.8. The lowest BCUT2D eigenvalue weighted by Gasteiger charge is -2.31. The maximum absolute atomic E-state index is 6.28. The van der Waals surface area contributed by atoms with E-state index in [1.807, 2.05) is 18.2 Å². The maximum Gasteiger partial charge on any atom is 0.0526 e. The molecule has 1 heterocycles. The summed E-state index contributed by atoms with van der Waals surface area (Å²) >= 11 is 12.6. The van der Waals surface area contributed by atoms with E-state index in [4.69, 9.17) is 28.9 Å². The van der Waals surface area contributed by atoms with Gasteiger partial charge in [-0.1, -0.05) is 35.7 Å². The molecule has 2 unspecified atom stereocenters. The molecule has 1 aromatic carbocycles. The smallest absolute Gasteiger partial charge is 0.0526 e. The van der Waals surface area contributed by atoms with E-state index in [2.05, 4.69) is 11.9 Å². The molecule has 1 aliphatic heterocycles. The van der Waals surface area contributed by atoms with Crippen LogP contribution in [0.1, 0.15) is 30.9 Å². The molecule has 94 valence electrons. The molecule has 0 radical (unpaired) electrons. The van der Waals surface area contributed by atoms with Crippen molar-refractivity contribution in [3.8, 4) is 0 Å². The highest BCUT2D eigenvalue weighted by molar-refractivity contribution is 6.36. The second-order valence-electron chi connectivity index (χ2n) is 4.72. The van der Waals surface area contributed by atoms with Gasteiger partial charge in [0.05, 0.1) is 6.04 Å². The minimum absolute atomic E-state index is 0.0971. The summed E-state index contributed by atoms with van der Waals surface area (Å²) in [6.07, 6.45) is 3.38. The molecule has 0 saturated carbocycles. The number of benzene rings is 1. The Kier molecular flexibility index (Phi) is 4.31. The summed E-state index contributed by atoms with van der Waals surface area (Å²) in [7, 11) is 2.09. The highest BCUT2D eigenvalue weighted by Gasteiger charge is 2.29. The summed E-state index contributed by atoms with van der Waals surface area (Å²) in [5.74, 6) is 0. The Hall–Kier alpha value is -0.280. The summed E-state index contributed by atoms with van der Waals surface area (Å²) < 4.78 is 0. The minimum atomic E-state index is 0.0971. The molecule has 2 atom stereocenters. The van der Waals surface area contributed by atoms with Gasteiger partial charge in [-0.15, -0.1) is 0 Å². The molecular weight excluding hydrogens is 255 g/mol. The minimum Gasteiger partial charge on any atom is -0.326 e. The largest absolute Gasteiger partial charge is 0.326 e. The zero-order valence-corrected chi connectivity index (χ0v) is 11.5. The topological polar surface area (TPSA) is 29.3 Å². The standard InChI is InChI=1S/C13H18Cl2N2/c1-17-8-3-2-7-11(16)13(17)12-9(14)5-4-6-10(12)15/h4-6,11,13H,2-3,7-8,16H2,1H3. The third-order valence-electron chi connectivity index (χ3n) is 3.47. The molecule has 0 spiro atoms. The molecule has 1 aliphatic rings. The van der Waals surface area contributed by atoms with E-state index in [9.17, 15) is 0 Å². The molecule has 0 aromatic heterocycles. The van der Waals surface area contributed by atoms with Crippen molar-refractivity contribution in [2.45, 2.75) is 31.3 Å². The first-order valence-electron chi connectivity index (χ1n) is 6.01. The third kappa shape index (κ3) is 2.76. The molecule has 2 nitrogen and oxygen atoms in total. The second kappa shape index (κ2) is 5.57. The highest BCUT2D eigenvalue weighted by atomic mass is 35.5. The number of hydrogen-bond acceptors (Lipinski definition) is 2. The van der Waals surface area contributed by atoms with Gasteiger partial charge in [0.25, 0.3) is 0 Å². The molecule has 0 aliphatic carbocycles. The first-order chi connectivity index (χ1) is 8.11. The average molecular weight is 273 g/mol. The highest BCUT2D eigenvalue weighted by Crippen LogP contribution is 2.37. The van der Waals surface area contributed by atoms with Crippen LogP contribution >= 0.6 is 23.2 Å². The first kappa shape index (κ1) is 13.2. The Bertz CT molecular complexity index is 363. The first-order valence-corrected chi connectivity index (χ1v) is 6.76. The fraction of sp³-hybridized carbons (Fsp3) is 0.538. The van der Waals surface area contributed by atoms with E-state index in [0.29, 0.717) is 10.0 Å². The molecule has 1 saturated heterocycles. The summed E-state index contributed by atoms with van der Waals surface area (Å²) in [6.45, 7) is 1.04. The van der Waals surface area contributed by atoms with Gasteiger partial charge in [0.1, 0.15) is 0 Å². The molecular formula is C13H18Cl2N2. The lowest BCUT2D eigenvalue weighted by molar-refractivity contribution is 0.230. The Balaban J connectivity index is 2.41. The average Bonchev–Trinajstić information content (AvgIpc) is 2.43. The van der Waals surface area contributed by atoms with E-state index >= 15 is 0 Å².